The van der Waals surface area contributed by atoms with Gasteiger partial charge in [-0.25, -0.2) is 9.82 Å². The summed E-state index contributed by atoms with van der Waals surface area (Å²) in [5.41, 5.74) is 2.77. The van der Waals surface area contributed by atoms with Gasteiger partial charge < -0.3 is 5.32 Å². The van der Waals surface area contributed by atoms with E-state index in [1.807, 2.05) is 30.3 Å². The molecule has 7 heteroatoms. The molecule has 2 N–H and O–H groups in total. The molecule has 0 aliphatic heterocycles. The van der Waals surface area contributed by atoms with Crippen molar-refractivity contribution in [3.05, 3.63) is 70.5 Å². The molecule has 23 heavy (non-hydrogen) atoms. The molecule has 0 aliphatic rings. The van der Waals surface area contributed by atoms with E-state index in [2.05, 4.69) is 15.8 Å². The normalized spacial score (nSPS) is 10.5. The number of hydrogen-bond acceptors (Lipinski definition) is 3. The number of carbonyl (C=O) groups is 2. The summed E-state index contributed by atoms with van der Waals surface area (Å²) in [5, 5.41) is 6.01. The molecule has 0 unspecified atom stereocenters. The van der Waals surface area contributed by atoms with Crippen LogP contribution < -0.4 is 10.7 Å². The second-order valence-electron chi connectivity index (χ2n) is 4.48. The van der Waals surface area contributed by atoms with Crippen LogP contribution in [0.4, 0.5) is 4.39 Å². The first kappa shape index (κ1) is 16.6. The third-order valence-corrected chi connectivity index (χ3v) is 3.12. The Labute approximate surface area is 137 Å². The van der Waals surface area contributed by atoms with Gasteiger partial charge in [-0.15, -0.1) is 0 Å². The molecule has 0 bridgehead atoms. The first-order valence-corrected chi connectivity index (χ1v) is 7.05. The zero-order valence-electron chi connectivity index (χ0n) is 11.9. The van der Waals surface area contributed by atoms with Crippen molar-refractivity contribution < 1.29 is 14.0 Å². The predicted octanol–water partition coefficient (Wildman–Crippen LogP) is 2.36. The van der Waals surface area contributed by atoms with Crippen LogP contribution in [0.15, 0.2) is 53.6 Å². The topological polar surface area (TPSA) is 70.6 Å². The Morgan fingerprint density at radius 1 is 1.13 bits per heavy atom. The van der Waals surface area contributed by atoms with Gasteiger partial charge in [0.2, 0.25) is 0 Å². The number of rotatable bonds is 5. The summed E-state index contributed by atoms with van der Waals surface area (Å²) >= 11 is 5.77. The molecule has 0 aliphatic carbocycles. The Morgan fingerprint density at radius 2 is 1.87 bits per heavy atom. The number of carbonyl (C=O) groups excluding carboxylic acids is 2. The van der Waals surface area contributed by atoms with Crippen LogP contribution in [0.5, 0.6) is 0 Å². The molecular formula is C16H13ClFN3O2. The van der Waals surface area contributed by atoms with Crippen LogP contribution >= 0.6 is 11.6 Å². The van der Waals surface area contributed by atoms with Crippen molar-refractivity contribution in [1.29, 1.82) is 0 Å². The Kier molecular flexibility index (Phi) is 5.82. The van der Waals surface area contributed by atoms with Gasteiger partial charge in [-0.1, -0.05) is 48.0 Å². The van der Waals surface area contributed by atoms with Crippen molar-refractivity contribution in [3.8, 4) is 0 Å². The van der Waals surface area contributed by atoms with E-state index in [0.29, 0.717) is 0 Å². The first-order valence-electron chi connectivity index (χ1n) is 6.67. The molecule has 0 spiro atoms. The zero-order valence-corrected chi connectivity index (χ0v) is 12.7. The Bertz CT molecular complexity index is 715. The van der Waals surface area contributed by atoms with E-state index >= 15 is 0 Å². The summed E-state index contributed by atoms with van der Waals surface area (Å²) in [5.74, 6) is -2.06. The summed E-state index contributed by atoms with van der Waals surface area (Å²) < 4.78 is 13.5. The van der Waals surface area contributed by atoms with Gasteiger partial charge in [-0.05, 0) is 17.7 Å². The number of benzene rings is 2. The smallest absolute Gasteiger partial charge is 0.259 e. The van der Waals surface area contributed by atoms with E-state index in [9.17, 15) is 14.0 Å². The maximum Gasteiger partial charge on any atom is 0.259 e. The van der Waals surface area contributed by atoms with Crippen molar-refractivity contribution >= 4 is 29.6 Å². The highest BCUT2D eigenvalue weighted by atomic mass is 35.5. The summed E-state index contributed by atoms with van der Waals surface area (Å²) in [6, 6.07) is 13.1. The lowest BCUT2D eigenvalue weighted by molar-refractivity contribution is -0.120. The molecular weight excluding hydrogens is 321 g/mol. The van der Waals surface area contributed by atoms with Gasteiger partial charge in [0.05, 0.1) is 23.3 Å². The highest BCUT2D eigenvalue weighted by molar-refractivity contribution is 6.33. The monoisotopic (exact) mass is 333 g/mol. The second kappa shape index (κ2) is 8.05. The van der Waals surface area contributed by atoms with Crippen LogP contribution in [-0.2, 0) is 4.79 Å². The lowest BCUT2D eigenvalue weighted by atomic mass is 10.2. The number of hydrazone groups is 1. The molecule has 118 valence electrons. The van der Waals surface area contributed by atoms with Gasteiger partial charge in [0.25, 0.3) is 11.8 Å². The molecule has 2 rings (SSSR count). The van der Waals surface area contributed by atoms with Crippen LogP contribution in [0.3, 0.4) is 0 Å². The fourth-order valence-electron chi connectivity index (χ4n) is 1.72. The van der Waals surface area contributed by atoms with Gasteiger partial charge >= 0.3 is 0 Å². The summed E-state index contributed by atoms with van der Waals surface area (Å²) in [4.78, 5) is 23.4. The average Bonchev–Trinajstić information content (AvgIpc) is 2.54. The molecule has 5 nitrogen and oxygen atoms in total. The van der Waals surface area contributed by atoms with Gasteiger partial charge in [0.1, 0.15) is 5.82 Å². The maximum atomic E-state index is 13.5. The van der Waals surface area contributed by atoms with Crippen molar-refractivity contribution in [2.45, 2.75) is 0 Å². The van der Waals surface area contributed by atoms with Gasteiger partial charge in [-0.3, -0.25) is 9.59 Å². The molecule has 2 aromatic carbocycles. The molecule has 0 radical (unpaired) electrons. The van der Waals surface area contributed by atoms with E-state index in [-0.39, 0.29) is 17.1 Å². The van der Waals surface area contributed by atoms with Crippen molar-refractivity contribution in [2.75, 3.05) is 6.54 Å². The lowest BCUT2D eigenvalue weighted by Crippen LogP contribution is -2.35. The van der Waals surface area contributed by atoms with E-state index in [0.717, 1.165) is 11.6 Å². The summed E-state index contributed by atoms with van der Waals surface area (Å²) in [6.07, 6.45) is 1.47. The molecule has 0 fully saturated rings. The standard InChI is InChI=1S/C16H13ClFN3O2/c17-12-7-4-8-13(18)15(12)16(23)19-10-14(22)21-20-9-11-5-2-1-3-6-11/h1-9H,10H2,(H,19,23)(H,21,22)/b20-9+. The Hall–Kier alpha value is -2.73. The molecule has 2 aromatic rings. The number of nitrogens with one attached hydrogen (secondary N) is 2. The fourth-order valence-corrected chi connectivity index (χ4v) is 1.97. The number of nitrogens with zero attached hydrogens (tertiary/aromatic N) is 1. The minimum Gasteiger partial charge on any atom is -0.343 e. The van der Waals surface area contributed by atoms with Crippen LogP contribution in [0.2, 0.25) is 5.02 Å². The third-order valence-electron chi connectivity index (χ3n) is 2.80. The van der Waals surface area contributed by atoms with Gasteiger partial charge in [0, 0.05) is 0 Å². The number of amides is 2. The SMILES string of the molecule is O=C(CNC(=O)c1c(F)cccc1Cl)N/N=C/c1ccccc1. The van der Waals surface area contributed by atoms with Crippen molar-refractivity contribution in [2.24, 2.45) is 5.10 Å². The van der Waals surface area contributed by atoms with E-state index in [1.54, 1.807) is 0 Å². The fraction of sp³-hybridized carbons (Fsp3) is 0.0625. The Morgan fingerprint density at radius 3 is 2.57 bits per heavy atom. The highest BCUT2D eigenvalue weighted by Gasteiger charge is 2.16. The zero-order chi connectivity index (χ0) is 16.7. The average molecular weight is 334 g/mol. The minimum atomic E-state index is -0.768. The molecule has 0 saturated heterocycles. The molecule has 0 aromatic heterocycles. The van der Waals surface area contributed by atoms with Crippen LogP contribution in [0.25, 0.3) is 0 Å². The van der Waals surface area contributed by atoms with Crippen LogP contribution in [-0.4, -0.2) is 24.6 Å². The quantitative estimate of drug-likeness (QED) is 0.651. The van der Waals surface area contributed by atoms with Gasteiger partial charge in [-0.2, -0.15) is 5.10 Å². The largest absolute Gasteiger partial charge is 0.343 e. The summed E-state index contributed by atoms with van der Waals surface area (Å²) in [7, 11) is 0. The second-order valence-corrected chi connectivity index (χ2v) is 4.89. The first-order chi connectivity index (χ1) is 11.1. The maximum absolute atomic E-state index is 13.5. The lowest BCUT2D eigenvalue weighted by Gasteiger charge is -2.06. The minimum absolute atomic E-state index is 0.0231. The molecule has 2 amide bonds. The van der Waals surface area contributed by atoms with Gasteiger partial charge in [0.15, 0.2) is 0 Å². The Balaban J connectivity index is 1.85. The predicted molar refractivity (Wildman–Crippen MR) is 85.9 cm³/mol. The molecule has 0 heterocycles. The molecule has 0 atom stereocenters. The number of halogens is 2. The highest BCUT2D eigenvalue weighted by Crippen LogP contribution is 2.18. The van der Waals surface area contributed by atoms with E-state index in [4.69, 9.17) is 11.6 Å². The third kappa shape index (κ3) is 4.89. The number of hydrogen-bond donors (Lipinski definition) is 2. The summed E-state index contributed by atoms with van der Waals surface area (Å²) in [6.45, 7) is -0.352. The van der Waals surface area contributed by atoms with Crippen molar-refractivity contribution in [3.63, 3.8) is 0 Å². The van der Waals surface area contributed by atoms with E-state index < -0.39 is 17.6 Å². The van der Waals surface area contributed by atoms with Crippen LogP contribution in [0, 0.1) is 5.82 Å². The molecule has 0 saturated carbocycles. The van der Waals surface area contributed by atoms with Crippen LogP contribution in [0.1, 0.15) is 15.9 Å². The van der Waals surface area contributed by atoms with E-state index in [1.165, 1.54) is 18.3 Å². The van der Waals surface area contributed by atoms with Crippen molar-refractivity contribution in [1.82, 2.24) is 10.7 Å².